The van der Waals surface area contributed by atoms with Gasteiger partial charge in [0, 0.05) is 28.6 Å². The van der Waals surface area contributed by atoms with E-state index in [4.69, 9.17) is 56.3 Å². The molecule has 2 atom stereocenters. The number of aliphatic carboxylic acids is 1. The Kier molecular flexibility index (Phi) is 16.7. The van der Waals surface area contributed by atoms with Crippen LogP contribution in [0.25, 0.3) is 43.2 Å². The zero-order valence-corrected chi connectivity index (χ0v) is 44.0. The summed E-state index contributed by atoms with van der Waals surface area (Å²) in [6.45, 7) is 17.8. The van der Waals surface area contributed by atoms with Gasteiger partial charge in [-0.25, -0.2) is 29.1 Å². The highest BCUT2D eigenvalue weighted by atomic mass is 35.5. The molecule has 0 amide bonds. The molecule has 13 nitrogen and oxygen atoms in total. The number of rotatable bonds is 21. The van der Waals surface area contributed by atoms with Gasteiger partial charge in [-0.3, -0.25) is 0 Å². The fraction of sp³-hybridized carbons (Fsp3) is 0.302. The van der Waals surface area contributed by atoms with Crippen LogP contribution in [0.2, 0.25) is 28.2 Å². The van der Waals surface area contributed by atoms with Crippen molar-refractivity contribution in [1.82, 2.24) is 19.9 Å². The molecule has 0 radical (unpaired) electrons. The first-order chi connectivity index (χ1) is 33.8. The lowest BCUT2D eigenvalue weighted by Crippen LogP contribution is -2.43. The van der Waals surface area contributed by atoms with Crippen LogP contribution in [0.15, 0.2) is 98.0 Å². The summed E-state index contributed by atoms with van der Waals surface area (Å²) in [6, 6.07) is 20.5. The lowest BCUT2D eigenvalue weighted by molar-refractivity contribution is -0.145. The van der Waals surface area contributed by atoms with Crippen molar-refractivity contribution in [3.63, 3.8) is 0 Å². The molecule has 0 bridgehead atoms. The fourth-order valence-electron chi connectivity index (χ4n) is 7.50. The van der Waals surface area contributed by atoms with E-state index in [1.807, 2.05) is 30.3 Å². The summed E-state index contributed by atoms with van der Waals surface area (Å²) in [5.41, 5.74) is 4.59. The zero-order chi connectivity index (χ0) is 51.2. The number of thiophene rings is 1. The molecule has 0 fully saturated rings. The lowest BCUT2D eigenvalue weighted by atomic mass is 9.92. The molecule has 7 aromatic rings. The SMILES string of the molecule is C=CCOC[C@H](CO)Oc1c(Cl)c(C)c(-c2c(-c3ccc(F)cc3)sc3ncnc(OC(Cc4cc(O[Si](C)(C)C(C)(C)C)ccc4OCc4ccnc(-c5ccccc5OC)n4)C(=O)O)c23)c(C)c1Cl. The van der Waals surface area contributed by atoms with E-state index < -0.39 is 32.3 Å². The molecular formula is C53H55Cl2FN4O9SSi. The van der Waals surface area contributed by atoms with E-state index in [9.17, 15) is 19.4 Å². The maximum absolute atomic E-state index is 14.4. The number of benzene rings is 4. The molecule has 372 valence electrons. The van der Waals surface area contributed by atoms with E-state index in [-0.39, 0.29) is 59.6 Å². The second-order valence-electron chi connectivity index (χ2n) is 18.1. The number of aromatic nitrogens is 4. The molecule has 0 aliphatic carbocycles. The van der Waals surface area contributed by atoms with Crippen molar-refractivity contribution < 1.29 is 47.5 Å². The highest BCUT2D eigenvalue weighted by molar-refractivity contribution is 7.22. The van der Waals surface area contributed by atoms with Crippen LogP contribution in [0.5, 0.6) is 28.9 Å². The first kappa shape index (κ1) is 52.7. The van der Waals surface area contributed by atoms with Crippen LogP contribution in [-0.4, -0.2) is 83.6 Å². The molecule has 71 heavy (non-hydrogen) atoms. The average molecular weight is 1040 g/mol. The Bertz CT molecular complexity index is 3030. The summed E-state index contributed by atoms with van der Waals surface area (Å²) in [5.74, 6) is 0.408. The van der Waals surface area contributed by atoms with Gasteiger partial charge in [0.15, 0.2) is 11.6 Å². The van der Waals surface area contributed by atoms with Crippen LogP contribution in [0.4, 0.5) is 4.39 Å². The Hall–Kier alpha value is -6.14. The minimum absolute atomic E-state index is 0.0209. The predicted molar refractivity (Wildman–Crippen MR) is 279 cm³/mol. The van der Waals surface area contributed by atoms with Crippen LogP contribution in [0, 0.1) is 19.7 Å². The van der Waals surface area contributed by atoms with Gasteiger partial charge in [0.05, 0.1) is 53.6 Å². The number of halogens is 3. The van der Waals surface area contributed by atoms with Crippen molar-refractivity contribution in [2.75, 3.05) is 26.9 Å². The number of aliphatic hydroxyl groups excluding tert-OH is 1. The second-order valence-corrected chi connectivity index (χ2v) is 24.6. The average Bonchev–Trinajstić information content (AvgIpc) is 3.73. The lowest BCUT2D eigenvalue weighted by Gasteiger charge is -2.36. The Morgan fingerprint density at radius 2 is 1.66 bits per heavy atom. The molecule has 1 unspecified atom stereocenters. The summed E-state index contributed by atoms with van der Waals surface area (Å²) in [5, 5.41) is 21.7. The topological polar surface area (TPSA) is 164 Å². The molecule has 3 heterocycles. The Morgan fingerprint density at radius 3 is 2.32 bits per heavy atom. The molecule has 0 aliphatic rings. The number of methoxy groups -OCH3 is 1. The number of fused-ring (bicyclic) bond motifs is 1. The number of nitrogens with zero attached hydrogens (tertiary/aromatic N) is 4. The van der Waals surface area contributed by atoms with E-state index in [2.05, 4.69) is 55.4 Å². The van der Waals surface area contributed by atoms with Crippen molar-refractivity contribution in [2.24, 2.45) is 0 Å². The van der Waals surface area contributed by atoms with Crippen LogP contribution in [-0.2, 0) is 22.6 Å². The minimum Gasteiger partial charge on any atom is -0.543 e. The molecule has 2 N–H and O–H groups in total. The van der Waals surface area contributed by atoms with Crippen molar-refractivity contribution >= 4 is 59.0 Å². The van der Waals surface area contributed by atoms with Crippen LogP contribution in [0.3, 0.4) is 0 Å². The Labute approximate surface area is 427 Å². The maximum Gasteiger partial charge on any atom is 0.345 e. The van der Waals surface area contributed by atoms with Gasteiger partial charge < -0.3 is 38.3 Å². The second kappa shape index (κ2) is 22.5. The van der Waals surface area contributed by atoms with Crippen LogP contribution in [0.1, 0.15) is 43.2 Å². The number of hydrogen-bond acceptors (Lipinski definition) is 13. The number of aliphatic hydroxyl groups is 1. The third kappa shape index (κ3) is 11.8. The summed E-state index contributed by atoms with van der Waals surface area (Å²) in [6.07, 6.45) is 2.01. The fourth-order valence-corrected chi connectivity index (χ4v) is 10.2. The highest BCUT2D eigenvalue weighted by Crippen LogP contribution is 2.53. The largest absolute Gasteiger partial charge is 0.543 e. The monoisotopic (exact) mass is 1040 g/mol. The van der Waals surface area contributed by atoms with Gasteiger partial charge in [0.2, 0.25) is 20.3 Å². The van der Waals surface area contributed by atoms with Gasteiger partial charge in [-0.15, -0.1) is 17.9 Å². The van der Waals surface area contributed by atoms with E-state index in [1.165, 1.54) is 29.8 Å². The summed E-state index contributed by atoms with van der Waals surface area (Å²) in [7, 11) is -0.778. The normalized spacial score (nSPS) is 12.6. The molecule has 0 saturated carbocycles. The molecule has 0 spiro atoms. The van der Waals surface area contributed by atoms with Gasteiger partial charge >= 0.3 is 5.97 Å². The molecular weight excluding hydrogens is 987 g/mol. The molecule has 0 saturated heterocycles. The number of carbonyl (C=O) groups is 1. The first-order valence-corrected chi connectivity index (χ1v) is 27.1. The summed E-state index contributed by atoms with van der Waals surface area (Å²) >= 11 is 15.5. The highest BCUT2D eigenvalue weighted by Gasteiger charge is 2.39. The third-order valence-electron chi connectivity index (χ3n) is 12.2. The van der Waals surface area contributed by atoms with Crippen LogP contribution >= 0.6 is 34.5 Å². The predicted octanol–water partition coefficient (Wildman–Crippen LogP) is 12.5. The van der Waals surface area contributed by atoms with E-state index in [1.54, 1.807) is 63.6 Å². The molecule has 0 aliphatic heterocycles. The van der Waals surface area contributed by atoms with Gasteiger partial charge in [-0.1, -0.05) is 74.3 Å². The number of hydrogen-bond donors (Lipinski definition) is 2. The first-order valence-electron chi connectivity index (χ1n) is 22.6. The Balaban J connectivity index is 1.31. The van der Waals surface area contributed by atoms with Gasteiger partial charge in [0.25, 0.3) is 0 Å². The minimum atomic E-state index is -2.36. The van der Waals surface area contributed by atoms with E-state index >= 15 is 0 Å². The number of para-hydroxylation sites is 1. The molecule has 4 aromatic carbocycles. The van der Waals surface area contributed by atoms with E-state index in [0.29, 0.717) is 82.8 Å². The number of ether oxygens (including phenoxy) is 5. The molecule has 18 heteroatoms. The Morgan fingerprint density at radius 1 is 0.944 bits per heavy atom. The smallest absolute Gasteiger partial charge is 0.345 e. The van der Waals surface area contributed by atoms with E-state index in [0.717, 1.165) is 0 Å². The maximum atomic E-state index is 14.4. The van der Waals surface area contributed by atoms with Gasteiger partial charge in [-0.2, -0.15) is 0 Å². The van der Waals surface area contributed by atoms with Gasteiger partial charge in [-0.05, 0) is 103 Å². The van der Waals surface area contributed by atoms with Gasteiger partial charge in [0.1, 0.15) is 46.9 Å². The third-order valence-corrected chi connectivity index (χ3v) is 18.6. The number of carboxylic acid groups (broad SMARTS) is 1. The quantitative estimate of drug-likeness (QED) is 0.0397. The molecule has 3 aromatic heterocycles. The summed E-state index contributed by atoms with van der Waals surface area (Å²) < 4.78 is 51.4. The standard InChI is InChI=1S/C53H55Cl2FN4O9SSi/c1-10-23-65-28-37(26-61)67-47-45(54)30(2)42(31(3)46(47)55)43-44-50(58-29-59-51(44)70-48(43)32-15-17-34(56)18-16-32)68-41(52(62)63)25-33-24-36(69-71(8,9)53(4,5)6)19-20-39(33)66-27-35-21-22-57-49(60-35)38-13-11-12-14-40(38)64-7/h10-22,24,29,37,41,61H,1,23,25-28H2,2-9H3,(H,62,63)/t37-,41?/m0/s1. The van der Waals surface area contributed by atoms with Crippen LogP contribution < -0.4 is 23.4 Å². The molecule has 7 rings (SSSR count). The van der Waals surface area contributed by atoms with Crippen molar-refractivity contribution in [3.05, 3.63) is 136 Å². The number of carboxylic acids is 1. The summed E-state index contributed by atoms with van der Waals surface area (Å²) in [4.78, 5) is 33.0. The van der Waals surface area contributed by atoms with Crippen molar-refractivity contribution in [2.45, 2.75) is 78.0 Å². The van der Waals surface area contributed by atoms with Crippen molar-refractivity contribution in [1.29, 1.82) is 0 Å². The zero-order valence-electron chi connectivity index (χ0n) is 40.6. The van der Waals surface area contributed by atoms with Crippen molar-refractivity contribution in [3.8, 4) is 61.8 Å².